The van der Waals surface area contributed by atoms with Crippen LogP contribution in [0.5, 0.6) is 5.75 Å². The molecule has 112 valence electrons. The van der Waals surface area contributed by atoms with Crippen molar-refractivity contribution < 1.29 is 9.47 Å². The predicted octanol–water partition coefficient (Wildman–Crippen LogP) is 3.52. The Hall–Kier alpha value is -1.06. The van der Waals surface area contributed by atoms with Crippen LogP contribution in [0.1, 0.15) is 44.6 Å². The smallest absolute Gasteiger partial charge is 0.120 e. The zero-order chi connectivity index (χ0) is 14.3. The van der Waals surface area contributed by atoms with Gasteiger partial charge in [0, 0.05) is 7.11 Å². The van der Waals surface area contributed by atoms with Crippen molar-refractivity contribution in [3.05, 3.63) is 29.8 Å². The molecule has 2 rings (SSSR count). The van der Waals surface area contributed by atoms with Crippen LogP contribution in [-0.4, -0.2) is 25.8 Å². The van der Waals surface area contributed by atoms with Gasteiger partial charge in [-0.2, -0.15) is 0 Å². The number of hydrogen-bond acceptors (Lipinski definition) is 3. The zero-order valence-corrected chi connectivity index (χ0v) is 12.8. The zero-order valence-electron chi connectivity index (χ0n) is 12.8. The molecule has 0 heterocycles. The predicted molar refractivity (Wildman–Crippen MR) is 82.1 cm³/mol. The van der Waals surface area contributed by atoms with Crippen molar-refractivity contribution in [1.82, 2.24) is 5.32 Å². The van der Waals surface area contributed by atoms with E-state index in [-0.39, 0.29) is 5.60 Å². The van der Waals surface area contributed by atoms with Gasteiger partial charge in [0.2, 0.25) is 0 Å². The molecule has 0 atom stereocenters. The highest BCUT2D eigenvalue weighted by atomic mass is 16.5. The highest BCUT2D eigenvalue weighted by Gasteiger charge is 2.38. The molecule has 0 amide bonds. The minimum Gasteiger partial charge on any atom is -0.487 e. The second-order valence-electron chi connectivity index (χ2n) is 5.72. The number of hydrogen-bond donors (Lipinski definition) is 1. The second-order valence-corrected chi connectivity index (χ2v) is 5.72. The van der Waals surface area contributed by atoms with Gasteiger partial charge in [-0.05, 0) is 62.9 Å². The van der Waals surface area contributed by atoms with Crippen molar-refractivity contribution in [1.29, 1.82) is 0 Å². The lowest BCUT2D eigenvalue weighted by Gasteiger charge is -2.42. The van der Waals surface area contributed by atoms with E-state index in [1.807, 2.05) is 6.07 Å². The number of ether oxygens (including phenoxy) is 2. The summed E-state index contributed by atoms with van der Waals surface area (Å²) in [5.74, 6) is 0.981. The Morgan fingerprint density at radius 1 is 1.25 bits per heavy atom. The van der Waals surface area contributed by atoms with E-state index in [1.54, 1.807) is 7.11 Å². The average molecular weight is 277 g/mol. The Balaban J connectivity index is 1.90. The van der Waals surface area contributed by atoms with Gasteiger partial charge >= 0.3 is 0 Å². The summed E-state index contributed by atoms with van der Waals surface area (Å²) in [5.41, 5.74) is 1.23. The van der Waals surface area contributed by atoms with Crippen molar-refractivity contribution in [2.24, 2.45) is 0 Å². The monoisotopic (exact) mass is 277 g/mol. The van der Waals surface area contributed by atoms with Gasteiger partial charge in [-0.3, -0.25) is 0 Å². The van der Waals surface area contributed by atoms with Crippen LogP contribution in [0.15, 0.2) is 24.3 Å². The fraction of sp³-hybridized carbons (Fsp3) is 0.647. The van der Waals surface area contributed by atoms with Crippen LogP contribution in [0, 0.1) is 0 Å². The van der Waals surface area contributed by atoms with Crippen LogP contribution in [0.4, 0.5) is 0 Å². The molecule has 1 aliphatic rings. The molecule has 1 aromatic carbocycles. The van der Waals surface area contributed by atoms with Gasteiger partial charge < -0.3 is 14.8 Å². The fourth-order valence-electron chi connectivity index (χ4n) is 2.71. The van der Waals surface area contributed by atoms with Crippen LogP contribution in [0.25, 0.3) is 0 Å². The summed E-state index contributed by atoms with van der Waals surface area (Å²) >= 11 is 0. The summed E-state index contributed by atoms with van der Waals surface area (Å²) in [5, 5.41) is 3.48. The number of methoxy groups -OCH3 is 1. The molecular weight excluding hydrogens is 250 g/mol. The van der Waals surface area contributed by atoms with Gasteiger partial charge in [0.25, 0.3) is 0 Å². The molecule has 0 spiro atoms. The SMILES string of the molecule is CCCNCCC1(Oc2cccc(COC)c2)CCC1. The Morgan fingerprint density at radius 2 is 2.10 bits per heavy atom. The van der Waals surface area contributed by atoms with Crippen molar-refractivity contribution in [2.45, 2.75) is 51.2 Å². The molecule has 3 heteroatoms. The summed E-state index contributed by atoms with van der Waals surface area (Å²) in [7, 11) is 1.72. The molecule has 1 aromatic rings. The van der Waals surface area contributed by atoms with Gasteiger partial charge in [0.05, 0.1) is 6.61 Å². The third kappa shape index (κ3) is 4.22. The number of rotatable bonds is 9. The topological polar surface area (TPSA) is 30.5 Å². The highest BCUT2D eigenvalue weighted by molar-refractivity contribution is 5.29. The molecule has 0 aromatic heterocycles. The lowest BCUT2D eigenvalue weighted by molar-refractivity contribution is -0.0143. The van der Waals surface area contributed by atoms with Crippen LogP contribution < -0.4 is 10.1 Å². The van der Waals surface area contributed by atoms with Crippen molar-refractivity contribution in [2.75, 3.05) is 20.2 Å². The van der Waals surface area contributed by atoms with E-state index in [9.17, 15) is 0 Å². The first-order valence-electron chi connectivity index (χ1n) is 7.75. The molecule has 1 saturated carbocycles. The van der Waals surface area contributed by atoms with E-state index < -0.39 is 0 Å². The molecule has 1 fully saturated rings. The lowest BCUT2D eigenvalue weighted by atomic mass is 9.77. The summed E-state index contributed by atoms with van der Waals surface area (Å²) in [4.78, 5) is 0. The summed E-state index contributed by atoms with van der Waals surface area (Å²) in [6, 6.07) is 8.28. The molecular formula is C17H27NO2. The van der Waals surface area contributed by atoms with E-state index in [2.05, 4.69) is 30.4 Å². The average Bonchev–Trinajstić information content (AvgIpc) is 2.41. The molecule has 1 aliphatic carbocycles. The largest absolute Gasteiger partial charge is 0.487 e. The van der Waals surface area contributed by atoms with Gasteiger partial charge in [-0.25, -0.2) is 0 Å². The molecule has 3 nitrogen and oxygen atoms in total. The maximum Gasteiger partial charge on any atom is 0.120 e. The Bertz CT molecular complexity index is 402. The van der Waals surface area contributed by atoms with Gasteiger partial charge in [-0.15, -0.1) is 0 Å². The third-order valence-electron chi connectivity index (χ3n) is 3.99. The van der Waals surface area contributed by atoms with Gasteiger partial charge in [0.15, 0.2) is 0 Å². The third-order valence-corrected chi connectivity index (χ3v) is 3.99. The first kappa shape index (κ1) is 15.3. The van der Waals surface area contributed by atoms with E-state index in [0.717, 1.165) is 25.3 Å². The van der Waals surface area contributed by atoms with Crippen molar-refractivity contribution in [3.8, 4) is 5.75 Å². The maximum atomic E-state index is 6.31. The molecule has 0 bridgehead atoms. The summed E-state index contributed by atoms with van der Waals surface area (Å²) in [6.07, 6.45) is 5.92. The van der Waals surface area contributed by atoms with Crippen LogP contribution in [-0.2, 0) is 11.3 Å². The molecule has 0 aliphatic heterocycles. The van der Waals surface area contributed by atoms with E-state index >= 15 is 0 Å². The van der Waals surface area contributed by atoms with Crippen LogP contribution >= 0.6 is 0 Å². The normalized spacial score (nSPS) is 16.7. The first-order chi connectivity index (χ1) is 9.78. The van der Waals surface area contributed by atoms with Gasteiger partial charge in [0.1, 0.15) is 11.4 Å². The molecule has 1 N–H and O–H groups in total. The minimum atomic E-state index is 0.0619. The molecule has 0 unspecified atom stereocenters. The number of nitrogens with one attached hydrogen (secondary N) is 1. The Kier molecular flexibility index (Phi) is 5.86. The van der Waals surface area contributed by atoms with Crippen molar-refractivity contribution in [3.63, 3.8) is 0 Å². The van der Waals surface area contributed by atoms with Gasteiger partial charge in [-0.1, -0.05) is 19.1 Å². The minimum absolute atomic E-state index is 0.0619. The maximum absolute atomic E-state index is 6.31. The summed E-state index contributed by atoms with van der Waals surface area (Å²) < 4.78 is 11.5. The Morgan fingerprint density at radius 3 is 2.75 bits per heavy atom. The van der Waals surface area contributed by atoms with E-state index in [4.69, 9.17) is 9.47 Å². The standard InChI is InChI=1S/C17H27NO2/c1-3-11-18-12-10-17(8-5-9-17)20-16-7-4-6-15(13-16)14-19-2/h4,6-7,13,18H,3,5,8-12,14H2,1-2H3. The van der Waals surface area contributed by atoms with E-state index in [1.165, 1.54) is 31.2 Å². The molecule has 0 radical (unpaired) electrons. The van der Waals surface area contributed by atoms with Crippen LogP contribution in [0.2, 0.25) is 0 Å². The second kappa shape index (κ2) is 7.65. The quantitative estimate of drug-likeness (QED) is 0.701. The lowest BCUT2D eigenvalue weighted by Crippen LogP contribution is -2.45. The molecule has 0 saturated heterocycles. The van der Waals surface area contributed by atoms with E-state index in [0.29, 0.717) is 6.61 Å². The molecule has 20 heavy (non-hydrogen) atoms. The van der Waals surface area contributed by atoms with Crippen molar-refractivity contribution >= 4 is 0 Å². The summed E-state index contributed by atoms with van der Waals surface area (Å²) in [6.45, 7) is 4.98. The highest BCUT2D eigenvalue weighted by Crippen LogP contribution is 2.39. The Labute approximate surface area is 122 Å². The first-order valence-corrected chi connectivity index (χ1v) is 7.75. The number of benzene rings is 1. The fourth-order valence-corrected chi connectivity index (χ4v) is 2.71. The van der Waals surface area contributed by atoms with Crippen LogP contribution in [0.3, 0.4) is 0 Å².